The van der Waals surface area contributed by atoms with Gasteiger partial charge in [-0.25, -0.2) is 18.6 Å². The number of nitrogens with zero attached hydrogens (tertiary/aromatic N) is 5. The average molecular weight is 585 g/mol. The quantitative estimate of drug-likeness (QED) is 0.393. The molecule has 12 nitrogen and oxygen atoms in total. The Morgan fingerprint density at radius 2 is 1.88 bits per heavy atom. The van der Waals surface area contributed by atoms with Crippen LogP contribution < -0.4 is 32.5 Å². The highest BCUT2D eigenvalue weighted by Crippen LogP contribution is 2.59. The van der Waals surface area contributed by atoms with Gasteiger partial charge in [-0.05, 0) is 31.2 Å². The molecule has 0 aromatic carbocycles. The van der Waals surface area contributed by atoms with Crippen LogP contribution in [0.1, 0.15) is 25.8 Å². The Hall–Kier alpha value is -4.49. The second kappa shape index (κ2) is 10.7. The number of piperidine rings is 1. The standard InChI is InChI=1S/C28H34F2N8O4/c1-5-17(39)12-38-26(41)23(24(31)36(4)27(38)42)33-15(2)25(40)34-22-8-6-7-20(35(22)3)16-9-10-21(32-11-16)37-13-18-19(14-37)28(18,29)30/h6-11,15,18-19,22,33H,5,12-14,31H2,1-4H3,(H,34,40)/t15-,18?,19?,22?/m0/s1. The second-order valence-electron chi connectivity index (χ2n) is 11.0. The van der Waals surface area contributed by atoms with Crippen LogP contribution in [0, 0.1) is 11.8 Å². The van der Waals surface area contributed by atoms with Gasteiger partial charge in [-0.1, -0.05) is 13.0 Å². The number of ketones is 1. The van der Waals surface area contributed by atoms with Crippen molar-refractivity contribution >= 4 is 34.7 Å². The average Bonchev–Trinajstić information content (AvgIpc) is 3.28. The summed E-state index contributed by atoms with van der Waals surface area (Å²) >= 11 is 0. The molecule has 2 aromatic heterocycles. The summed E-state index contributed by atoms with van der Waals surface area (Å²) in [6.45, 7) is 3.38. The van der Waals surface area contributed by atoms with Gasteiger partial charge in [-0.2, -0.15) is 0 Å². The molecule has 4 N–H and O–H groups in total. The maximum Gasteiger partial charge on any atom is 0.332 e. The van der Waals surface area contributed by atoms with E-state index in [4.69, 9.17) is 5.73 Å². The van der Waals surface area contributed by atoms with Crippen LogP contribution in [0.4, 0.5) is 26.1 Å². The van der Waals surface area contributed by atoms with E-state index in [1.165, 1.54) is 7.05 Å². The number of carbonyl (C=O) groups is 2. The van der Waals surface area contributed by atoms with Gasteiger partial charge in [0, 0.05) is 51.1 Å². The summed E-state index contributed by atoms with van der Waals surface area (Å²) < 4.78 is 29.0. The van der Waals surface area contributed by atoms with Gasteiger partial charge in [0.15, 0.2) is 5.78 Å². The van der Waals surface area contributed by atoms with Crippen LogP contribution in [0.3, 0.4) is 0 Å². The van der Waals surface area contributed by atoms with E-state index in [0.29, 0.717) is 18.9 Å². The summed E-state index contributed by atoms with van der Waals surface area (Å²) in [7, 11) is 3.18. The van der Waals surface area contributed by atoms with Crippen molar-refractivity contribution < 1.29 is 18.4 Å². The molecule has 14 heteroatoms. The summed E-state index contributed by atoms with van der Waals surface area (Å²) in [5, 5.41) is 5.72. The molecule has 42 heavy (non-hydrogen) atoms. The molecule has 4 atom stereocenters. The number of nitrogen functional groups attached to an aromatic ring is 1. The maximum atomic E-state index is 13.6. The van der Waals surface area contributed by atoms with Crippen molar-refractivity contribution in [2.45, 2.75) is 44.9 Å². The van der Waals surface area contributed by atoms with Crippen LogP contribution in [0.15, 0.2) is 46.1 Å². The molecular weight excluding hydrogens is 550 g/mol. The number of hydrogen-bond acceptors (Lipinski definition) is 9. The number of allylic oxidation sites excluding steroid dienone is 2. The Labute approximate surface area is 240 Å². The van der Waals surface area contributed by atoms with E-state index in [0.717, 1.165) is 20.4 Å². The lowest BCUT2D eigenvalue weighted by molar-refractivity contribution is -0.122. The van der Waals surface area contributed by atoms with Crippen LogP contribution in [-0.2, 0) is 23.2 Å². The zero-order valence-corrected chi connectivity index (χ0v) is 23.8. The fraction of sp³-hybridized carbons (Fsp3) is 0.464. The Morgan fingerprint density at radius 1 is 1.19 bits per heavy atom. The molecule has 5 rings (SSSR count). The highest BCUT2D eigenvalue weighted by Gasteiger charge is 2.71. The summed E-state index contributed by atoms with van der Waals surface area (Å²) in [4.78, 5) is 58.9. The lowest BCUT2D eigenvalue weighted by Gasteiger charge is -2.33. The monoisotopic (exact) mass is 584 g/mol. The van der Waals surface area contributed by atoms with Crippen LogP contribution >= 0.6 is 0 Å². The zero-order chi connectivity index (χ0) is 30.5. The predicted molar refractivity (Wildman–Crippen MR) is 154 cm³/mol. The topological polar surface area (TPSA) is 148 Å². The van der Waals surface area contributed by atoms with Gasteiger partial charge in [0.1, 0.15) is 29.5 Å². The molecule has 2 aromatic rings. The van der Waals surface area contributed by atoms with E-state index in [9.17, 15) is 28.0 Å². The number of carbonyl (C=O) groups excluding carboxylic acids is 2. The minimum absolute atomic E-state index is 0.151. The molecule has 2 fully saturated rings. The maximum absolute atomic E-state index is 13.6. The first-order valence-corrected chi connectivity index (χ1v) is 13.7. The Morgan fingerprint density at radius 3 is 2.50 bits per heavy atom. The largest absolute Gasteiger partial charge is 0.383 e. The van der Waals surface area contributed by atoms with Crippen molar-refractivity contribution in [2.24, 2.45) is 18.9 Å². The normalized spacial score (nSPS) is 22.8. The lowest BCUT2D eigenvalue weighted by atomic mass is 10.1. The van der Waals surface area contributed by atoms with E-state index in [1.54, 1.807) is 39.2 Å². The van der Waals surface area contributed by atoms with E-state index in [2.05, 4.69) is 15.6 Å². The number of hydrogen-bond donors (Lipinski definition) is 3. The molecular formula is C28H34F2N8O4. The fourth-order valence-electron chi connectivity index (χ4n) is 5.41. The van der Waals surface area contributed by atoms with Crippen LogP contribution in [0.2, 0.25) is 0 Å². The van der Waals surface area contributed by atoms with Crippen molar-refractivity contribution in [1.29, 1.82) is 0 Å². The number of halogens is 2. The lowest BCUT2D eigenvalue weighted by Crippen LogP contribution is -2.50. The molecule has 1 amide bonds. The number of nitrogens with one attached hydrogen (secondary N) is 2. The molecule has 2 aliphatic heterocycles. The van der Waals surface area contributed by atoms with Gasteiger partial charge in [-0.15, -0.1) is 0 Å². The minimum atomic E-state index is -2.55. The van der Waals surface area contributed by atoms with Crippen molar-refractivity contribution in [3.05, 3.63) is 63.0 Å². The molecule has 4 heterocycles. The van der Waals surface area contributed by atoms with Crippen LogP contribution in [0.5, 0.6) is 0 Å². The number of anilines is 3. The van der Waals surface area contributed by atoms with Crippen molar-refractivity contribution in [3.8, 4) is 0 Å². The molecule has 1 aliphatic carbocycles. The van der Waals surface area contributed by atoms with Crippen LogP contribution in [-0.4, -0.2) is 69.0 Å². The minimum Gasteiger partial charge on any atom is -0.383 e. The number of likely N-dealkylation sites (N-methyl/N-ethyl adjacent to an activating group) is 1. The summed E-state index contributed by atoms with van der Waals surface area (Å²) in [5.74, 6) is -3.97. The third-order valence-electron chi connectivity index (χ3n) is 8.28. The van der Waals surface area contributed by atoms with Gasteiger partial charge in [0.25, 0.3) is 11.5 Å². The van der Waals surface area contributed by atoms with Crippen molar-refractivity contribution in [1.82, 2.24) is 24.3 Å². The number of Topliss-reactive ketones (excluding diaryl/α,β-unsaturated/α-hetero) is 1. The fourth-order valence-corrected chi connectivity index (χ4v) is 5.41. The highest BCUT2D eigenvalue weighted by molar-refractivity contribution is 5.86. The number of amides is 1. The Bertz CT molecular complexity index is 1580. The first-order valence-electron chi connectivity index (χ1n) is 13.7. The SMILES string of the molecule is CCC(=O)Cn1c(=O)c(N[C@@H](C)C(=O)NC2C=CC=C(c3ccc(N4CC5C(C4)C5(F)F)nc3)N2C)c(N)n(C)c1=O. The number of alkyl halides is 2. The third-order valence-corrected chi connectivity index (χ3v) is 8.28. The van der Waals surface area contributed by atoms with Gasteiger partial charge < -0.3 is 26.2 Å². The highest BCUT2D eigenvalue weighted by atomic mass is 19.3. The van der Waals surface area contributed by atoms with E-state index < -0.39 is 53.7 Å². The number of rotatable bonds is 9. The zero-order valence-electron chi connectivity index (χ0n) is 23.8. The van der Waals surface area contributed by atoms with Crippen molar-refractivity contribution in [2.75, 3.05) is 36.1 Å². The Balaban J connectivity index is 1.24. The molecule has 224 valence electrons. The molecule has 3 aliphatic rings. The number of nitrogens with two attached hydrogens (primary N) is 1. The molecule has 0 spiro atoms. The van der Waals surface area contributed by atoms with Gasteiger partial charge in [0.05, 0.1) is 18.4 Å². The van der Waals surface area contributed by atoms with Crippen LogP contribution in [0.25, 0.3) is 5.70 Å². The molecule has 0 bridgehead atoms. The molecule has 3 unspecified atom stereocenters. The van der Waals surface area contributed by atoms with E-state index >= 15 is 0 Å². The van der Waals surface area contributed by atoms with Gasteiger partial charge in [-0.3, -0.25) is 23.5 Å². The number of fused-ring (bicyclic) bond motifs is 1. The molecule has 1 saturated heterocycles. The third kappa shape index (κ3) is 5.05. The number of pyridine rings is 1. The molecule has 1 saturated carbocycles. The predicted octanol–water partition coefficient (Wildman–Crippen LogP) is 0.990. The number of aromatic nitrogens is 3. The van der Waals surface area contributed by atoms with E-state index in [1.807, 2.05) is 28.0 Å². The van der Waals surface area contributed by atoms with E-state index in [-0.39, 0.29) is 23.7 Å². The first-order chi connectivity index (χ1) is 19.8. The smallest absolute Gasteiger partial charge is 0.332 e. The summed E-state index contributed by atoms with van der Waals surface area (Å²) in [6, 6.07) is 2.75. The van der Waals surface area contributed by atoms with Gasteiger partial charge >= 0.3 is 5.69 Å². The van der Waals surface area contributed by atoms with Gasteiger partial charge in [0.2, 0.25) is 5.91 Å². The summed E-state index contributed by atoms with van der Waals surface area (Å²) in [6.07, 6.45) is 6.76. The Kier molecular flexibility index (Phi) is 7.41. The first kappa shape index (κ1) is 29.0. The summed E-state index contributed by atoms with van der Waals surface area (Å²) in [5.41, 5.74) is 5.93. The van der Waals surface area contributed by atoms with Crippen molar-refractivity contribution in [3.63, 3.8) is 0 Å². The molecule has 0 radical (unpaired) electrons. The second-order valence-corrected chi connectivity index (χ2v) is 11.0.